The van der Waals surface area contributed by atoms with Crippen molar-refractivity contribution < 1.29 is 4.52 Å². The van der Waals surface area contributed by atoms with E-state index in [2.05, 4.69) is 5.16 Å². The number of benzene rings is 1. The van der Waals surface area contributed by atoms with Crippen molar-refractivity contribution in [1.29, 1.82) is 0 Å². The van der Waals surface area contributed by atoms with Crippen molar-refractivity contribution in [2.24, 2.45) is 5.73 Å². The molecule has 0 saturated heterocycles. The smallest absolute Gasteiger partial charge is 0.127 e. The Morgan fingerprint density at radius 1 is 1.21 bits per heavy atom. The zero-order chi connectivity index (χ0) is 9.80. The molecule has 2 rings (SSSR count). The van der Waals surface area contributed by atoms with E-state index in [0.29, 0.717) is 6.54 Å². The average molecular weight is 188 g/mol. The molecule has 2 aromatic rings. The number of rotatable bonds is 3. The van der Waals surface area contributed by atoms with Crippen LogP contribution in [0.15, 0.2) is 41.1 Å². The van der Waals surface area contributed by atoms with Crippen molar-refractivity contribution >= 4 is 0 Å². The Kier molecular flexibility index (Phi) is 2.60. The molecule has 0 saturated carbocycles. The number of hydrogen-bond acceptors (Lipinski definition) is 3. The Morgan fingerprint density at radius 3 is 2.71 bits per heavy atom. The first kappa shape index (κ1) is 8.97. The van der Waals surface area contributed by atoms with Crippen LogP contribution in [0, 0.1) is 0 Å². The fraction of sp³-hybridized carbons (Fsp3) is 0.182. The van der Waals surface area contributed by atoms with E-state index in [0.717, 1.165) is 23.2 Å². The van der Waals surface area contributed by atoms with E-state index in [9.17, 15) is 0 Å². The zero-order valence-corrected chi connectivity index (χ0v) is 7.81. The molecule has 0 amide bonds. The molecule has 0 aliphatic rings. The van der Waals surface area contributed by atoms with Gasteiger partial charge in [0.25, 0.3) is 0 Å². The number of hydrogen-bond donors (Lipinski definition) is 1. The highest BCUT2D eigenvalue weighted by Crippen LogP contribution is 2.21. The largest absolute Gasteiger partial charge is 0.364 e. The molecule has 0 radical (unpaired) electrons. The van der Waals surface area contributed by atoms with Crippen LogP contribution in [0.25, 0.3) is 11.3 Å². The second-order valence-corrected chi connectivity index (χ2v) is 3.09. The molecule has 0 bridgehead atoms. The van der Waals surface area contributed by atoms with E-state index in [-0.39, 0.29) is 0 Å². The molecule has 0 fully saturated rings. The molecule has 1 aromatic heterocycles. The van der Waals surface area contributed by atoms with Gasteiger partial charge in [-0.05, 0) is 13.0 Å². The minimum atomic E-state index is 0.612. The summed E-state index contributed by atoms with van der Waals surface area (Å²) < 4.78 is 4.95. The normalized spacial score (nSPS) is 10.4. The summed E-state index contributed by atoms with van der Waals surface area (Å²) in [7, 11) is 0. The van der Waals surface area contributed by atoms with Gasteiger partial charge in [-0.1, -0.05) is 35.5 Å². The molecule has 0 spiro atoms. The molecular formula is C11H12N2O. The fourth-order valence-corrected chi connectivity index (χ4v) is 1.42. The fourth-order valence-electron chi connectivity index (χ4n) is 1.42. The van der Waals surface area contributed by atoms with E-state index < -0.39 is 0 Å². The molecule has 1 aromatic carbocycles. The lowest BCUT2D eigenvalue weighted by atomic mass is 10.1. The van der Waals surface area contributed by atoms with Gasteiger partial charge in [-0.2, -0.15) is 0 Å². The van der Waals surface area contributed by atoms with Crippen molar-refractivity contribution in [3.8, 4) is 11.3 Å². The van der Waals surface area contributed by atoms with Crippen LogP contribution in [0.3, 0.4) is 0 Å². The van der Waals surface area contributed by atoms with Gasteiger partial charge in [-0.3, -0.25) is 0 Å². The SMILES string of the molecule is NCCc1conc1-c1ccccc1. The molecular weight excluding hydrogens is 176 g/mol. The van der Waals surface area contributed by atoms with E-state index in [1.807, 2.05) is 30.3 Å². The predicted molar refractivity (Wildman–Crippen MR) is 54.7 cm³/mol. The summed E-state index contributed by atoms with van der Waals surface area (Å²) in [6.07, 6.45) is 2.46. The quantitative estimate of drug-likeness (QED) is 0.799. The lowest BCUT2D eigenvalue weighted by Gasteiger charge is -1.98. The van der Waals surface area contributed by atoms with E-state index in [1.54, 1.807) is 6.26 Å². The maximum atomic E-state index is 5.50. The van der Waals surface area contributed by atoms with Gasteiger partial charge < -0.3 is 10.3 Å². The highest BCUT2D eigenvalue weighted by Gasteiger charge is 2.08. The topological polar surface area (TPSA) is 52.0 Å². The van der Waals surface area contributed by atoms with E-state index >= 15 is 0 Å². The molecule has 3 nitrogen and oxygen atoms in total. The molecule has 0 aliphatic heterocycles. The van der Waals surface area contributed by atoms with Gasteiger partial charge in [0.05, 0.1) is 0 Å². The maximum absolute atomic E-state index is 5.50. The van der Waals surface area contributed by atoms with Crippen LogP contribution in [0.2, 0.25) is 0 Å². The van der Waals surface area contributed by atoms with E-state index in [4.69, 9.17) is 10.3 Å². The van der Waals surface area contributed by atoms with Crippen molar-refractivity contribution in [2.45, 2.75) is 6.42 Å². The standard InChI is InChI=1S/C11H12N2O/c12-7-6-10-8-14-13-11(10)9-4-2-1-3-5-9/h1-5,8H,6-7,12H2. The highest BCUT2D eigenvalue weighted by molar-refractivity contribution is 5.61. The Balaban J connectivity index is 2.37. The first-order valence-corrected chi connectivity index (χ1v) is 4.60. The van der Waals surface area contributed by atoms with Crippen LogP contribution in [0.4, 0.5) is 0 Å². The second-order valence-electron chi connectivity index (χ2n) is 3.09. The van der Waals surface area contributed by atoms with Crippen LogP contribution < -0.4 is 5.73 Å². The number of nitrogens with zero attached hydrogens (tertiary/aromatic N) is 1. The van der Waals surface area contributed by atoms with Gasteiger partial charge in [0.1, 0.15) is 12.0 Å². The van der Waals surface area contributed by atoms with Gasteiger partial charge in [0, 0.05) is 11.1 Å². The summed E-state index contributed by atoms with van der Waals surface area (Å²) in [5.74, 6) is 0. The van der Waals surface area contributed by atoms with Crippen molar-refractivity contribution in [1.82, 2.24) is 5.16 Å². The van der Waals surface area contributed by atoms with Gasteiger partial charge in [-0.25, -0.2) is 0 Å². The minimum Gasteiger partial charge on any atom is -0.364 e. The van der Waals surface area contributed by atoms with Crippen LogP contribution in [0.1, 0.15) is 5.56 Å². The van der Waals surface area contributed by atoms with Crippen molar-refractivity contribution in [3.05, 3.63) is 42.2 Å². The van der Waals surface area contributed by atoms with Gasteiger partial charge in [0.2, 0.25) is 0 Å². The molecule has 0 aliphatic carbocycles. The maximum Gasteiger partial charge on any atom is 0.127 e. The Hall–Kier alpha value is -1.61. The number of nitrogens with two attached hydrogens (primary N) is 1. The first-order chi connectivity index (χ1) is 6.92. The van der Waals surface area contributed by atoms with Gasteiger partial charge in [0.15, 0.2) is 0 Å². The van der Waals surface area contributed by atoms with Gasteiger partial charge in [-0.15, -0.1) is 0 Å². The molecule has 2 N–H and O–H groups in total. The first-order valence-electron chi connectivity index (χ1n) is 4.60. The third-order valence-corrected chi connectivity index (χ3v) is 2.10. The van der Waals surface area contributed by atoms with Crippen molar-refractivity contribution in [3.63, 3.8) is 0 Å². The van der Waals surface area contributed by atoms with Crippen molar-refractivity contribution in [2.75, 3.05) is 6.54 Å². The summed E-state index contributed by atoms with van der Waals surface area (Å²) in [6, 6.07) is 9.97. The summed E-state index contributed by atoms with van der Waals surface area (Å²) in [5.41, 5.74) is 8.54. The zero-order valence-electron chi connectivity index (χ0n) is 7.81. The van der Waals surface area contributed by atoms with Gasteiger partial charge >= 0.3 is 0 Å². The number of aromatic nitrogens is 1. The Labute approximate surface area is 82.5 Å². The van der Waals surface area contributed by atoms with Crippen LogP contribution in [0.5, 0.6) is 0 Å². The predicted octanol–water partition coefficient (Wildman–Crippen LogP) is 1.84. The van der Waals surface area contributed by atoms with E-state index in [1.165, 1.54) is 0 Å². The Morgan fingerprint density at radius 2 is 2.00 bits per heavy atom. The molecule has 14 heavy (non-hydrogen) atoms. The summed E-state index contributed by atoms with van der Waals surface area (Å²) in [5, 5.41) is 3.97. The average Bonchev–Trinajstić information content (AvgIpc) is 2.68. The molecule has 0 atom stereocenters. The van der Waals surface area contributed by atoms with Crippen LogP contribution in [-0.2, 0) is 6.42 Å². The summed E-state index contributed by atoms with van der Waals surface area (Å²) >= 11 is 0. The van der Waals surface area contributed by atoms with Crippen LogP contribution >= 0.6 is 0 Å². The summed E-state index contributed by atoms with van der Waals surface area (Å²) in [4.78, 5) is 0. The third-order valence-electron chi connectivity index (χ3n) is 2.10. The van der Waals surface area contributed by atoms with Crippen LogP contribution in [-0.4, -0.2) is 11.7 Å². The lowest BCUT2D eigenvalue weighted by molar-refractivity contribution is 0.421. The third kappa shape index (κ3) is 1.67. The lowest BCUT2D eigenvalue weighted by Crippen LogP contribution is -2.02. The summed E-state index contributed by atoms with van der Waals surface area (Å²) in [6.45, 7) is 0.612. The minimum absolute atomic E-state index is 0.612. The Bertz CT molecular complexity index is 395. The monoisotopic (exact) mass is 188 g/mol. The molecule has 72 valence electrons. The highest BCUT2D eigenvalue weighted by atomic mass is 16.5. The molecule has 0 unspecified atom stereocenters. The molecule has 3 heteroatoms. The molecule has 1 heterocycles. The second kappa shape index (κ2) is 4.07.